The van der Waals surface area contributed by atoms with E-state index in [1.54, 1.807) is 0 Å². The summed E-state index contributed by atoms with van der Waals surface area (Å²) >= 11 is 0. The van der Waals surface area contributed by atoms with Crippen LogP contribution in [0.15, 0.2) is 10.5 Å². The van der Waals surface area contributed by atoms with Gasteiger partial charge >= 0.3 is 0 Å². The summed E-state index contributed by atoms with van der Waals surface area (Å²) < 4.78 is 5.77. The second kappa shape index (κ2) is 7.59. The van der Waals surface area contributed by atoms with E-state index in [4.69, 9.17) is 10.2 Å². The molecule has 1 heterocycles. The van der Waals surface area contributed by atoms with E-state index in [0.717, 1.165) is 30.2 Å². The lowest BCUT2D eigenvalue weighted by atomic mass is 10.2. The summed E-state index contributed by atoms with van der Waals surface area (Å²) in [7, 11) is 0. The molecule has 1 aromatic heterocycles. The second-order valence-corrected chi connectivity index (χ2v) is 5.27. The lowest BCUT2D eigenvalue weighted by molar-refractivity contribution is 0.192. The van der Waals surface area contributed by atoms with E-state index in [0.29, 0.717) is 12.6 Å². The van der Waals surface area contributed by atoms with Crippen molar-refractivity contribution in [1.82, 2.24) is 4.90 Å². The Bertz CT molecular complexity index is 344. The van der Waals surface area contributed by atoms with Gasteiger partial charge in [-0.3, -0.25) is 4.90 Å². The van der Waals surface area contributed by atoms with Gasteiger partial charge in [-0.25, -0.2) is 0 Å². The number of furan rings is 1. The van der Waals surface area contributed by atoms with E-state index in [1.807, 2.05) is 6.92 Å². The first-order valence-electron chi connectivity index (χ1n) is 7.10. The van der Waals surface area contributed by atoms with Crippen molar-refractivity contribution in [3.63, 3.8) is 0 Å². The number of nitrogens with zero attached hydrogens (tertiary/aromatic N) is 1. The SMILES string of the molecule is CCCCCN(Cc1cc(CN)c(C)o1)C(C)C. The summed E-state index contributed by atoms with van der Waals surface area (Å²) in [5.41, 5.74) is 6.81. The maximum Gasteiger partial charge on any atom is 0.118 e. The van der Waals surface area contributed by atoms with E-state index in [1.165, 1.54) is 19.3 Å². The highest BCUT2D eigenvalue weighted by Gasteiger charge is 2.13. The number of unbranched alkanes of at least 4 members (excludes halogenated alkanes) is 2. The van der Waals surface area contributed by atoms with E-state index in [9.17, 15) is 0 Å². The van der Waals surface area contributed by atoms with Crippen molar-refractivity contribution in [2.75, 3.05) is 6.54 Å². The van der Waals surface area contributed by atoms with Crippen molar-refractivity contribution in [3.8, 4) is 0 Å². The van der Waals surface area contributed by atoms with Gasteiger partial charge in [0.1, 0.15) is 11.5 Å². The summed E-state index contributed by atoms with van der Waals surface area (Å²) in [6.45, 7) is 11.3. The Balaban J connectivity index is 2.58. The van der Waals surface area contributed by atoms with Crippen LogP contribution in [0.2, 0.25) is 0 Å². The monoisotopic (exact) mass is 252 g/mol. The molecule has 0 unspecified atom stereocenters. The highest BCUT2D eigenvalue weighted by Crippen LogP contribution is 2.17. The average Bonchev–Trinajstić information content (AvgIpc) is 2.68. The fourth-order valence-electron chi connectivity index (χ4n) is 2.15. The lowest BCUT2D eigenvalue weighted by Gasteiger charge is -2.25. The van der Waals surface area contributed by atoms with E-state index in [2.05, 4.69) is 31.7 Å². The maximum absolute atomic E-state index is 5.77. The fraction of sp³-hybridized carbons (Fsp3) is 0.733. The molecule has 18 heavy (non-hydrogen) atoms. The van der Waals surface area contributed by atoms with E-state index >= 15 is 0 Å². The van der Waals surface area contributed by atoms with Crippen LogP contribution in [-0.2, 0) is 13.1 Å². The third kappa shape index (κ3) is 4.46. The van der Waals surface area contributed by atoms with Crippen LogP contribution in [0.25, 0.3) is 0 Å². The van der Waals surface area contributed by atoms with Crippen LogP contribution in [0.1, 0.15) is 57.1 Å². The third-order valence-electron chi connectivity index (χ3n) is 3.43. The summed E-state index contributed by atoms with van der Waals surface area (Å²) in [5, 5.41) is 0. The van der Waals surface area contributed by atoms with Gasteiger partial charge in [-0.05, 0) is 39.8 Å². The molecule has 3 heteroatoms. The molecule has 0 aliphatic carbocycles. The van der Waals surface area contributed by atoms with Crippen molar-refractivity contribution in [3.05, 3.63) is 23.2 Å². The van der Waals surface area contributed by atoms with Crippen LogP contribution < -0.4 is 5.73 Å². The highest BCUT2D eigenvalue weighted by atomic mass is 16.3. The van der Waals surface area contributed by atoms with Crippen LogP contribution in [0, 0.1) is 6.92 Å². The molecule has 0 fully saturated rings. The van der Waals surface area contributed by atoms with Crippen LogP contribution in [0.3, 0.4) is 0 Å². The van der Waals surface area contributed by atoms with Gasteiger partial charge in [0, 0.05) is 18.2 Å². The molecule has 0 radical (unpaired) electrons. The van der Waals surface area contributed by atoms with Crippen LogP contribution >= 0.6 is 0 Å². The maximum atomic E-state index is 5.77. The Morgan fingerprint density at radius 2 is 2.06 bits per heavy atom. The number of hydrogen-bond acceptors (Lipinski definition) is 3. The smallest absolute Gasteiger partial charge is 0.118 e. The molecule has 0 aromatic carbocycles. The molecule has 1 aromatic rings. The molecule has 0 saturated heterocycles. The molecular formula is C15H28N2O. The molecule has 0 bridgehead atoms. The van der Waals surface area contributed by atoms with Crippen molar-refractivity contribution >= 4 is 0 Å². The zero-order valence-corrected chi connectivity index (χ0v) is 12.3. The van der Waals surface area contributed by atoms with Gasteiger partial charge in [0.25, 0.3) is 0 Å². The minimum absolute atomic E-state index is 0.550. The van der Waals surface area contributed by atoms with Crippen molar-refractivity contribution < 1.29 is 4.42 Å². The number of hydrogen-bond donors (Lipinski definition) is 1. The molecule has 2 N–H and O–H groups in total. The molecule has 0 spiro atoms. The normalized spacial score (nSPS) is 11.7. The molecule has 3 nitrogen and oxygen atoms in total. The first-order valence-corrected chi connectivity index (χ1v) is 7.10. The van der Waals surface area contributed by atoms with Gasteiger partial charge in [0.15, 0.2) is 0 Å². The van der Waals surface area contributed by atoms with Crippen LogP contribution in [0.5, 0.6) is 0 Å². The van der Waals surface area contributed by atoms with Crippen molar-refractivity contribution in [2.24, 2.45) is 5.73 Å². The summed E-state index contributed by atoms with van der Waals surface area (Å²) in [4.78, 5) is 2.47. The fourth-order valence-corrected chi connectivity index (χ4v) is 2.15. The van der Waals surface area contributed by atoms with Gasteiger partial charge in [-0.2, -0.15) is 0 Å². The van der Waals surface area contributed by atoms with E-state index in [-0.39, 0.29) is 0 Å². The Kier molecular flexibility index (Phi) is 6.44. The quantitative estimate of drug-likeness (QED) is 0.721. The molecule has 1 rings (SSSR count). The number of nitrogens with two attached hydrogens (primary N) is 1. The molecular weight excluding hydrogens is 224 g/mol. The minimum Gasteiger partial charge on any atom is -0.465 e. The zero-order chi connectivity index (χ0) is 13.5. The van der Waals surface area contributed by atoms with Gasteiger partial charge in [-0.15, -0.1) is 0 Å². The minimum atomic E-state index is 0.550. The summed E-state index contributed by atoms with van der Waals surface area (Å²) in [6, 6.07) is 2.65. The summed E-state index contributed by atoms with van der Waals surface area (Å²) in [5.74, 6) is 2.00. The van der Waals surface area contributed by atoms with Crippen molar-refractivity contribution in [1.29, 1.82) is 0 Å². The average molecular weight is 252 g/mol. The van der Waals surface area contributed by atoms with Gasteiger partial charge in [-0.1, -0.05) is 19.8 Å². The standard InChI is InChI=1S/C15H28N2O/c1-5-6-7-8-17(12(2)3)11-15-9-14(10-16)13(4)18-15/h9,12H,5-8,10-11,16H2,1-4H3. The molecule has 0 saturated carbocycles. The first kappa shape index (κ1) is 15.3. The van der Waals surface area contributed by atoms with Crippen molar-refractivity contribution in [2.45, 2.75) is 66.1 Å². The Hall–Kier alpha value is -0.800. The second-order valence-electron chi connectivity index (χ2n) is 5.27. The van der Waals surface area contributed by atoms with Crippen LogP contribution in [0.4, 0.5) is 0 Å². The molecule has 104 valence electrons. The van der Waals surface area contributed by atoms with Gasteiger partial charge in [0.2, 0.25) is 0 Å². The largest absolute Gasteiger partial charge is 0.465 e. The van der Waals surface area contributed by atoms with E-state index < -0.39 is 0 Å². The summed E-state index contributed by atoms with van der Waals surface area (Å²) in [6.07, 6.45) is 3.83. The zero-order valence-electron chi connectivity index (χ0n) is 12.3. The highest BCUT2D eigenvalue weighted by molar-refractivity contribution is 5.20. The predicted octanol–water partition coefficient (Wildman–Crippen LogP) is 3.45. The Labute approximate surface area is 111 Å². The molecule has 0 atom stereocenters. The third-order valence-corrected chi connectivity index (χ3v) is 3.43. The molecule has 0 aliphatic rings. The van der Waals surface area contributed by atoms with Crippen LogP contribution in [-0.4, -0.2) is 17.5 Å². The lowest BCUT2D eigenvalue weighted by Crippen LogP contribution is -2.31. The Morgan fingerprint density at radius 1 is 1.33 bits per heavy atom. The molecule has 0 aliphatic heterocycles. The molecule has 0 amide bonds. The Morgan fingerprint density at radius 3 is 2.56 bits per heavy atom. The van der Waals surface area contributed by atoms with Gasteiger partial charge in [0.05, 0.1) is 6.54 Å². The first-order chi connectivity index (χ1) is 8.58. The predicted molar refractivity (Wildman–Crippen MR) is 76.4 cm³/mol. The number of aryl methyl sites for hydroxylation is 1. The topological polar surface area (TPSA) is 42.4 Å². The number of rotatable bonds is 8. The van der Waals surface area contributed by atoms with Gasteiger partial charge < -0.3 is 10.2 Å².